The molecule has 0 bridgehead atoms. The zero-order chi connectivity index (χ0) is 27.4. The highest BCUT2D eigenvalue weighted by Gasteiger charge is 2.44. The Morgan fingerprint density at radius 1 is 0.923 bits per heavy atom. The van der Waals surface area contributed by atoms with Gasteiger partial charge in [0.2, 0.25) is 5.91 Å². The lowest BCUT2D eigenvalue weighted by Gasteiger charge is -2.43. The van der Waals surface area contributed by atoms with Crippen LogP contribution in [0.4, 0.5) is 0 Å². The predicted molar refractivity (Wildman–Crippen MR) is 152 cm³/mol. The Bertz CT molecular complexity index is 1520. The average molecular weight is 522 g/mol. The highest BCUT2D eigenvalue weighted by molar-refractivity contribution is 5.93. The fourth-order valence-electron chi connectivity index (χ4n) is 5.48. The minimum absolute atomic E-state index is 0.0105. The van der Waals surface area contributed by atoms with Gasteiger partial charge in [-0.3, -0.25) is 4.79 Å². The molecule has 0 aliphatic carbocycles. The number of primary amides is 1. The van der Waals surface area contributed by atoms with Gasteiger partial charge in [-0.15, -0.1) is 0 Å². The molecule has 0 radical (unpaired) electrons. The fraction of sp³-hybridized carbons (Fsp3) is 0.188. The molecule has 3 N–H and O–H groups in total. The Balaban J connectivity index is 1.77. The van der Waals surface area contributed by atoms with E-state index in [1.165, 1.54) is 0 Å². The molecule has 0 saturated carbocycles. The van der Waals surface area contributed by atoms with Crippen LogP contribution in [0.1, 0.15) is 39.0 Å². The SMILES string of the molecule is COc1ccccc1-c1cc2c(cc1OC)C(CCc1ccccc1)(c1cccc(C(N)=O)c1)[NH+]([O-])CN=C2. The van der Waals surface area contributed by atoms with E-state index in [1.54, 1.807) is 38.6 Å². The average Bonchev–Trinajstić information content (AvgIpc) is 3.11. The normalized spacial score (nSPS) is 18.2. The van der Waals surface area contributed by atoms with Gasteiger partial charge in [0.15, 0.2) is 12.2 Å². The summed E-state index contributed by atoms with van der Waals surface area (Å²) in [6.45, 7) is 0.0105. The maximum absolute atomic E-state index is 14.2. The zero-order valence-corrected chi connectivity index (χ0v) is 22.0. The molecule has 4 aromatic rings. The van der Waals surface area contributed by atoms with Gasteiger partial charge in [-0.2, -0.15) is 0 Å². The van der Waals surface area contributed by atoms with Crippen LogP contribution in [0, 0.1) is 5.21 Å². The van der Waals surface area contributed by atoms with Gasteiger partial charge in [0.25, 0.3) is 0 Å². The van der Waals surface area contributed by atoms with Crippen molar-refractivity contribution in [3.63, 3.8) is 0 Å². The van der Waals surface area contributed by atoms with Crippen molar-refractivity contribution < 1.29 is 19.3 Å². The highest BCUT2D eigenvalue weighted by atomic mass is 16.5. The number of rotatable bonds is 8. The molecule has 2 unspecified atom stereocenters. The lowest BCUT2D eigenvalue weighted by Crippen LogP contribution is -3.14. The summed E-state index contributed by atoms with van der Waals surface area (Å²) in [4.78, 5) is 16.7. The number of quaternary nitrogens is 1. The summed E-state index contributed by atoms with van der Waals surface area (Å²) in [6.07, 6.45) is 2.88. The molecule has 1 heterocycles. The second kappa shape index (κ2) is 11.1. The first-order chi connectivity index (χ1) is 19.0. The van der Waals surface area contributed by atoms with Crippen molar-refractivity contribution in [2.45, 2.75) is 18.4 Å². The Labute approximate surface area is 228 Å². The number of carbonyl (C=O) groups excluding carboxylic acids is 1. The topological polar surface area (TPSA) is 101 Å². The number of nitrogens with one attached hydrogen (secondary N) is 1. The Morgan fingerprint density at radius 3 is 2.41 bits per heavy atom. The van der Waals surface area contributed by atoms with Gasteiger partial charge in [0.1, 0.15) is 11.5 Å². The van der Waals surface area contributed by atoms with E-state index in [-0.39, 0.29) is 11.7 Å². The highest BCUT2D eigenvalue weighted by Crippen LogP contribution is 2.42. The van der Waals surface area contributed by atoms with Gasteiger partial charge in [0, 0.05) is 46.0 Å². The number of methoxy groups -OCH3 is 2. The first-order valence-electron chi connectivity index (χ1n) is 12.8. The van der Waals surface area contributed by atoms with Crippen LogP contribution in [-0.2, 0) is 12.0 Å². The first-order valence-corrected chi connectivity index (χ1v) is 12.8. The number of para-hydroxylation sites is 1. The van der Waals surface area contributed by atoms with Crippen LogP contribution in [-0.4, -0.2) is 33.0 Å². The molecule has 198 valence electrons. The zero-order valence-electron chi connectivity index (χ0n) is 22.0. The number of hydroxylamine groups is 2. The number of nitrogens with zero attached hydrogens (tertiary/aromatic N) is 1. The molecule has 2 atom stereocenters. The fourth-order valence-corrected chi connectivity index (χ4v) is 5.48. The predicted octanol–water partition coefficient (Wildman–Crippen LogP) is 4.12. The van der Waals surface area contributed by atoms with Gasteiger partial charge in [-0.25, -0.2) is 4.99 Å². The number of benzene rings is 4. The number of amides is 1. The number of hydrogen-bond donors (Lipinski definition) is 2. The van der Waals surface area contributed by atoms with E-state index in [0.717, 1.165) is 27.8 Å². The molecule has 0 aromatic heterocycles. The van der Waals surface area contributed by atoms with E-state index >= 15 is 0 Å². The summed E-state index contributed by atoms with van der Waals surface area (Å²) in [5, 5.41) is 14.1. The number of fused-ring (bicyclic) bond motifs is 1. The molecule has 1 aliphatic rings. The third-order valence-electron chi connectivity index (χ3n) is 7.44. The van der Waals surface area contributed by atoms with Gasteiger partial charge >= 0.3 is 0 Å². The van der Waals surface area contributed by atoms with Crippen LogP contribution in [0.2, 0.25) is 0 Å². The molecule has 7 heteroatoms. The van der Waals surface area contributed by atoms with Crippen molar-refractivity contribution in [3.05, 3.63) is 124 Å². The summed E-state index contributed by atoms with van der Waals surface area (Å²) in [6, 6.07) is 28.8. The Morgan fingerprint density at radius 2 is 1.67 bits per heavy atom. The minimum atomic E-state index is -1.08. The van der Waals surface area contributed by atoms with Crippen molar-refractivity contribution in [3.8, 4) is 22.6 Å². The number of aryl methyl sites for hydroxylation is 1. The van der Waals surface area contributed by atoms with Crippen molar-refractivity contribution in [2.24, 2.45) is 10.7 Å². The van der Waals surface area contributed by atoms with Crippen molar-refractivity contribution in [2.75, 3.05) is 20.9 Å². The molecule has 4 aromatic carbocycles. The second-order valence-electron chi connectivity index (χ2n) is 9.57. The molecular weight excluding hydrogens is 490 g/mol. The Kier molecular flexibility index (Phi) is 7.45. The number of aliphatic imine (C=N–C) groups is 1. The third-order valence-corrected chi connectivity index (χ3v) is 7.44. The maximum Gasteiger partial charge on any atom is 0.248 e. The maximum atomic E-state index is 14.2. The quantitative estimate of drug-likeness (QED) is 0.341. The molecule has 0 spiro atoms. The summed E-state index contributed by atoms with van der Waals surface area (Å²) in [5.74, 6) is 0.773. The van der Waals surface area contributed by atoms with Gasteiger partial charge in [0.05, 0.1) is 14.2 Å². The van der Waals surface area contributed by atoms with Crippen LogP contribution in [0.5, 0.6) is 11.5 Å². The van der Waals surface area contributed by atoms with E-state index in [9.17, 15) is 10.0 Å². The van der Waals surface area contributed by atoms with Crippen LogP contribution in [0.3, 0.4) is 0 Å². The van der Waals surface area contributed by atoms with Gasteiger partial charge in [-0.05, 0) is 42.3 Å². The van der Waals surface area contributed by atoms with Crippen LogP contribution >= 0.6 is 0 Å². The number of hydrogen-bond acceptors (Lipinski definition) is 5. The summed E-state index contributed by atoms with van der Waals surface area (Å²) in [5.41, 5.74) is 10.0. The minimum Gasteiger partial charge on any atom is -0.632 e. The Hall–Kier alpha value is -4.46. The number of nitrogens with two attached hydrogens (primary N) is 1. The number of carbonyl (C=O) groups is 1. The van der Waals surface area contributed by atoms with E-state index in [2.05, 4.69) is 17.1 Å². The summed E-state index contributed by atoms with van der Waals surface area (Å²) in [7, 11) is 3.25. The van der Waals surface area contributed by atoms with Gasteiger partial charge in [-0.1, -0.05) is 60.7 Å². The summed E-state index contributed by atoms with van der Waals surface area (Å²) < 4.78 is 11.5. The molecule has 0 fully saturated rings. The lowest BCUT2D eigenvalue weighted by atomic mass is 9.75. The monoisotopic (exact) mass is 521 g/mol. The molecule has 1 aliphatic heterocycles. The molecular formula is C32H31N3O4. The van der Waals surface area contributed by atoms with E-state index < -0.39 is 11.4 Å². The van der Waals surface area contributed by atoms with Crippen LogP contribution in [0.25, 0.3) is 11.1 Å². The first kappa shape index (κ1) is 26.2. The van der Waals surface area contributed by atoms with E-state index in [1.807, 2.05) is 60.7 Å². The van der Waals surface area contributed by atoms with Crippen LogP contribution < -0.4 is 20.3 Å². The molecule has 1 amide bonds. The van der Waals surface area contributed by atoms with Crippen molar-refractivity contribution in [1.82, 2.24) is 0 Å². The lowest BCUT2D eigenvalue weighted by molar-refractivity contribution is -0.906. The van der Waals surface area contributed by atoms with Gasteiger partial charge < -0.3 is 25.5 Å². The second-order valence-corrected chi connectivity index (χ2v) is 9.57. The standard InChI is InChI=1S/C32H31N3O4/c1-38-29-14-7-6-13-26(29)27-18-24-20-34-21-35(37)32(28(24)19-30(27)39-2,16-15-22-9-4-3-5-10-22)25-12-8-11-23(17-25)31(33)36/h3-14,17-20,35H,15-16,21H2,1-2H3,(H2,33,36). The molecule has 5 rings (SSSR count). The third kappa shape index (κ3) is 4.90. The van der Waals surface area contributed by atoms with Crippen LogP contribution in [0.15, 0.2) is 96.0 Å². The number of ether oxygens (including phenoxy) is 2. The molecule has 0 saturated heterocycles. The largest absolute Gasteiger partial charge is 0.632 e. The summed E-state index contributed by atoms with van der Waals surface area (Å²) >= 11 is 0. The van der Waals surface area contributed by atoms with Crippen molar-refractivity contribution in [1.29, 1.82) is 0 Å². The molecule has 7 nitrogen and oxygen atoms in total. The smallest absolute Gasteiger partial charge is 0.248 e. The van der Waals surface area contributed by atoms with E-state index in [4.69, 9.17) is 15.2 Å². The molecule has 39 heavy (non-hydrogen) atoms. The van der Waals surface area contributed by atoms with E-state index in [0.29, 0.717) is 35.5 Å². The van der Waals surface area contributed by atoms with Crippen molar-refractivity contribution >= 4 is 12.1 Å².